The predicted molar refractivity (Wildman–Crippen MR) is 74.6 cm³/mol. The van der Waals surface area contributed by atoms with E-state index in [1.165, 1.54) is 0 Å². The summed E-state index contributed by atoms with van der Waals surface area (Å²) in [6, 6.07) is 7.01. The number of carbonyl (C=O) groups is 2. The standard InChI is InChI=1S/C15H16N2O3/c1-4-13(18)11-5-7-12(8-6-11)17-10(3)14(15(19)20)9(2)16-17/h5-8H,4H2,1-3H3,(H,19,20). The van der Waals surface area contributed by atoms with E-state index < -0.39 is 5.97 Å². The van der Waals surface area contributed by atoms with Gasteiger partial charge in [0.2, 0.25) is 0 Å². The van der Waals surface area contributed by atoms with Crippen molar-refractivity contribution in [3.63, 3.8) is 0 Å². The molecule has 0 aliphatic rings. The lowest BCUT2D eigenvalue weighted by Gasteiger charge is -2.05. The molecule has 0 saturated heterocycles. The number of carboxylic acids is 1. The number of carbonyl (C=O) groups excluding carboxylic acids is 1. The lowest BCUT2D eigenvalue weighted by Crippen LogP contribution is -2.03. The Morgan fingerprint density at radius 2 is 1.80 bits per heavy atom. The molecule has 0 aliphatic heterocycles. The van der Waals surface area contributed by atoms with Gasteiger partial charge in [-0.1, -0.05) is 6.92 Å². The van der Waals surface area contributed by atoms with Crippen LogP contribution in [-0.4, -0.2) is 26.6 Å². The van der Waals surface area contributed by atoms with Gasteiger partial charge in [-0.3, -0.25) is 4.79 Å². The molecule has 2 aromatic rings. The number of Topliss-reactive ketones (excluding diaryl/α,β-unsaturated/α-hetero) is 1. The van der Waals surface area contributed by atoms with Crippen LogP contribution in [0.5, 0.6) is 0 Å². The van der Waals surface area contributed by atoms with Gasteiger partial charge >= 0.3 is 5.97 Å². The molecule has 0 unspecified atom stereocenters. The van der Waals surface area contributed by atoms with Crippen molar-refractivity contribution < 1.29 is 14.7 Å². The van der Waals surface area contributed by atoms with Crippen LogP contribution < -0.4 is 0 Å². The number of hydrogen-bond donors (Lipinski definition) is 1. The van der Waals surface area contributed by atoms with Crippen molar-refractivity contribution in [2.75, 3.05) is 0 Å². The summed E-state index contributed by atoms with van der Waals surface area (Å²) in [6.07, 6.45) is 0.461. The molecule has 5 nitrogen and oxygen atoms in total. The first-order chi connectivity index (χ1) is 9.45. The molecule has 0 spiro atoms. The number of aromatic carboxylic acids is 1. The van der Waals surface area contributed by atoms with E-state index in [0.717, 1.165) is 5.69 Å². The van der Waals surface area contributed by atoms with E-state index in [2.05, 4.69) is 5.10 Å². The third-order valence-electron chi connectivity index (χ3n) is 3.26. The molecule has 1 heterocycles. The number of nitrogens with zero attached hydrogens (tertiary/aromatic N) is 2. The lowest BCUT2D eigenvalue weighted by molar-refractivity contribution is 0.0695. The number of aryl methyl sites for hydroxylation is 1. The van der Waals surface area contributed by atoms with Crippen molar-refractivity contribution in [3.05, 3.63) is 46.8 Å². The smallest absolute Gasteiger partial charge is 0.339 e. The van der Waals surface area contributed by atoms with Crippen LogP contribution in [0.3, 0.4) is 0 Å². The molecule has 20 heavy (non-hydrogen) atoms. The van der Waals surface area contributed by atoms with E-state index in [0.29, 0.717) is 23.4 Å². The highest BCUT2D eigenvalue weighted by Crippen LogP contribution is 2.18. The highest BCUT2D eigenvalue weighted by molar-refractivity contribution is 5.96. The van der Waals surface area contributed by atoms with Crippen LogP contribution in [0.25, 0.3) is 5.69 Å². The monoisotopic (exact) mass is 272 g/mol. The van der Waals surface area contributed by atoms with Gasteiger partial charge in [0, 0.05) is 12.0 Å². The zero-order valence-corrected chi connectivity index (χ0v) is 11.7. The highest BCUT2D eigenvalue weighted by atomic mass is 16.4. The third-order valence-corrected chi connectivity index (χ3v) is 3.26. The Bertz CT molecular complexity index is 669. The number of benzene rings is 1. The maximum absolute atomic E-state index is 11.6. The van der Waals surface area contributed by atoms with Crippen molar-refractivity contribution in [3.8, 4) is 5.69 Å². The molecule has 1 aromatic carbocycles. The van der Waals surface area contributed by atoms with Crippen LogP contribution in [0, 0.1) is 13.8 Å². The zero-order chi connectivity index (χ0) is 14.9. The Kier molecular flexibility index (Phi) is 3.70. The number of ketones is 1. The summed E-state index contributed by atoms with van der Waals surface area (Å²) in [5, 5.41) is 13.4. The molecule has 0 radical (unpaired) electrons. The van der Waals surface area contributed by atoms with Crippen LogP contribution in [0.4, 0.5) is 0 Å². The molecule has 5 heteroatoms. The molecular formula is C15H16N2O3. The quantitative estimate of drug-likeness (QED) is 0.869. The first-order valence-electron chi connectivity index (χ1n) is 6.38. The molecule has 0 bridgehead atoms. The summed E-state index contributed by atoms with van der Waals surface area (Å²) < 4.78 is 1.58. The minimum atomic E-state index is -0.982. The largest absolute Gasteiger partial charge is 0.478 e. The zero-order valence-electron chi connectivity index (χ0n) is 11.7. The van der Waals surface area contributed by atoms with Crippen molar-refractivity contribution in [2.45, 2.75) is 27.2 Å². The van der Waals surface area contributed by atoms with Gasteiger partial charge in [0.25, 0.3) is 0 Å². The van der Waals surface area contributed by atoms with E-state index in [9.17, 15) is 9.59 Å². The molecule has 0 fully saturated rings. The Labute approximate surface area is 116 Å². The van der Waals surface area contributed by atoms with Crippen molar-refractivity contribution in [1.29, 1.82) is 0 Å². The number of hydrogen-bond acceptors (Lipinski definition) is 3. The van der Waals surface area contributed by atoms with Crippen LogP contribution in [-0.2, 0) is 0 Å². The number of carboxylic acid groups (broad SMARTS) is 1. The second-order valence-corrected chi connectivity index (χ2v) is 4.59. The molecule has 0 atom stereocenters. The normalized spacial score (nSPS) is 10.6. The summed E-state index contributed by atoms with van der Waals surface area (Å²) in [5.41, 5.74) is 2.66. The Balaban J connectivity index is 2.45. The van der Waals surface area contributed by atoms with Gasteiger partial charge < -0.3 is 5.11 Å². The minimum absolute atomic E-state index is 0.0798. The minimum Gasteiger partial charge on any atom is -0.478 e. The topological polar surface area (TPSA) is 72.2 Å². The summed E-state index contributed by atoms with van der Waals surface area (Å²) in [7, 11) is 0. The molecule has 1 aromatic heterocycles. The first-order valence-corrected chi connectivity index (χ1v) is 6.38. The molecular weight excluding hydrogens is 256 g/mol. The first kappa shape index (κ1) is 14.0. The van der Waals surface area contributed by atoms with E-state index in [-0.39, 0.29) is 11.3 Å². The van der Waals surface area contributed by atoms with Gasteiger partial charge in [0.05, 0.1) is 17.1 Å². The summed E-state index contributed by atoms with van der Waals surface area (Å²) in [6.45, 7) is 5.20. The van der Waals surface area contributed by atoms with Crippen LogP contribution in [0.15, 0.2) is 24.3 Å². The maximum atomic E-state index is 11.6. The Morgan fingerprint density at radius 1 is 1.20 bits per heavy atom. The Morgan fingerprint density at radius 3 is 2.25 bits per heavy atom. The fraction of sp³-hybridized carbons (Fsp3) is 0.267. The summed E-state index contributed by atoms with van der Waals surface area (Å²) in [5.74, 6) is -0.903. The van der Waals surface area contributed by atoms with E-state index in [1.54, 1.807) is 42.8 Å². The van der Waals surface area contributed by atoms with E-state index >= 15 is 0 Å². The summed E-state index contributed by atoms with van der Waals surface area (Å²) >= 11 is 0. The molecule has 104 valence electrons. The lowest BCUT2D eigenvalue weighted by atomic mass is 10.1. The predicted octanol–water partition coefficient (Wildman–Crippen LogP) is 2.78. The second-order valence-electron chi connectivity index (χ2n) is 4.59. The second kappa shape index (κ2) is 5.28. The number of rotatable bonds is 4. The van der Waals surface area contributed by atoms with Crippen LogP contribution in [0.2, 0.25) is 0 Å². The van der Waals surface area contributed by atoms with Gasteiger partial charge in [-0.15, -0.1) is 0 Å². The molecule has 0 saturated carbocycles. The van der Waals surface area contributed by atoms with Gasteiger partial charge in [0.15, 0.2) is 5.78 Å². The van der Waals surface area contributed by atoms with Crippen LogP contribution in [0.1, 0.15) is 45.4 Å². The Hall–Kier alpha value is -2.43. The fourth-order valence-corrected chi connectivity index (χ4v) is 2.20. The highest BCUT2D eigenvalue weighted by Gasteiger charge is 2.18. The fourth-order valence-electron chi connectivity index (χ4n) is 2.20. The number of aromatic nitrogens is 2. The average Bonchev–Trinajstić information content (AvgIpc) is 2.73. The van der Waals surface area contributed by atoms with Crippen molar-refractivity contribution in [1.82, 2.24) is 9.78 Å². The average molecular weight is 272 g/mol. The third kappa shape index (κ3) is 2.34. The molecule has 2 rings (SSSR count). The van der Waals surface area contributed by atoms with Gasteiger partial charge in [-0.25, -0.2) is 9.48 Å². The maximum Gasteiger partial charge on any atom is 0.339 e. The van der Waals surface area contributed by atoms with Crippen LogP contribution >= 0.6 is 0 Å². The van der Waals surface area contributed by atoms with Gasteiger partial charge in [-0.05, 0) is 38.1 Å². The van der Waals surface area contributed by atoms with Crippen molar-refractivity contribution >= 4 is 11.8 Å². The summed E-state index contributed by atoms with van der Waals surface area (Å²) in [4.78, 5) is 22.7. The van der Waals surface area contributed by atoms with Gasteiger partial charge in [0.1, 0.15) is 5.56 Å². The van der Waals surface area contributed by atoms with E-state index in [1.807, 2.05) is 6.92 Å². The molecule has 0 aliphatic carbocycles. The van der Waals surface area contributed by atoms with E-state index in [4.69, 9.17) is 5.11 Å². The molecule has 1 N–H and O–H groups in total. The van der Waals surface area contributed by atoms with Gasteiger partial charge in [-0.2, -0.15) is 5.10 Å². The van der Waals surface area contributed by atoms with Crippen molar-refractivity contribution in [2.24, 2.45) is 0 Å². The molecule has 0 amide bonds. The SMILES string of the molecule is CCC(=O)c1ccc(-n2nc(C)c(C(=O)O)c2C)cc1.